The largest absolute Gasteiger partial charge is 0.342 e. The molecular formula is C22H24ClN5O2S. The molecule has 2 aromatic carbocycles. The van der Waals surface area contributed by atoms with Crippen LogP contribution < -0.4 is 10.6 Å². The Morgan fingerprint density at radius 3 is 2.65 bits per heavy atom. The highest BCUT2D eigenvalue weighted by Gasteiger charge is 2.20. The van der Waals surface area contributed by atoms with Crippen molar-refractivity contribution < 1.29 is 9.59 Å². The highest BCUT2D eigenvalue weighted by atomic mass is 35.5. The van der Waals surface area contributed by atoms with E-state index in [1.54, 1.807) is 30.3 Å². The summed E-state index contributed by atoms with van der Waals surface area (Å²) < 4.78 is 1.90. The Kier molecular flexibility index (Phi) is 7.70. The second kappa shape index (κ2) is 10.5. The van der Waals surface area contributed by atoms with Gasteiger partial charge in [-0.05, 0) is 45.0 Å². The summed E-state index contributed by atoms with van der Waals surface area (Å²) in [4.78, 5) is 24.9. The lowest BCUT2D eigenvalue weighted by Gasteiger charge is -2.15. The number of halogens is 1. The number of aromatic nitrogens is 3. The molecule has 0 saturated carbocycles. The van der Waals surface area contributed by atoms with Gasteiger partial charge in [-0.2, -0.15) is 0 Å². The van der Waals surface area contributed by atoms with Crippen LogP contribution in [0, 0.1) is 6.92 Å². The maximum Gasteiger partial charge on any atom is 0.251 e. The van der Waals surface area contributed by atoms with Gasteiger partial charge < -0.3 is 15.2 Å². The molecule has 7 nitrogen and oxygen atoms in total. The van der Waals surface area contributed by atoms with Crippen LogP contribution in [0.3, 0.4) is 0 Å². The second-order valence-corrected chi connectivity index (χ2v) is 8.32. The van der Waals surface area contributed by atoms with E-state index in [1.165, 1.54) is 11.8 Å². The molecule has 162 valence electrons. The van der Waals surface area contributed by atoms with Gasteiger partial charge in [0.25, 0.3) is 5.91 Å². The zero-order valence-corrected chi connectivity index (χ0v) is 19.1. The minimum atomic E-state index is -0.341. The number of hydrogen-bond acceptors (Lipinski definition) is 5. The van der Waals surface area contributed by atoms with Crippen LogP contribution in [0.5, 0.6) is 0 Å². The fourth-order valence-corrected chi connectivity index (χ4v) is 4.03. The number of benzene rings is 2. The molecule has 1 aromatic heterocycles. The lowest BCUT2D eigenvalue weighted by atomic mass is 10.1. The molecule has 0 unspecified atom stereocenters. The van der Waals surface area contributed by atoms with E-state index < -0.39 is 0 Å². The molecule has 0 aliphatic rings. The van der Waals surface area contributed by atoms with Gasteiger partial charge in [0.05, 0.1) is 22.5 Å². The zero-order chi connectivity index (χ0) is 22.4. The van der Waals surface area contributed by atoms with Gasteiger partial charge in [-0.25, -0.2) is 0 Å². The molecule has 0 aliphatic heterocycles. The summed E-state index contributed by atoms with van der Waals surface area (Å²) in [6.07, 6.45) is 0. The van der Waals surface area contributed by atoms with Crippen LogP contribution in [0.25, 0.3) is 0 Å². The van der Waals surface area contributed by atoms with Gasteiger partial charge in [0, 0.05) is 12.1 Å². The summed E-state index contributed by atoms with van der Waals surface area (Å²) in [5, 5.41) is 15.3. The maximum atomic E-state index is 12.6. The molecule has 2 N–H and O–H groups in total. The first-order valence-electron chi connectivity index (χ1n) is 9.86. The van der Waals surface area contributed by atoms with Gasteiger partial charge in [-0.1, -0.05) is 53.2 Å². The number of para-hydroxylation sites is 1. The summed E-state index contributed by atoms with van der Waals surface area (Å²) in [6.45, 7) is 6.39. The van der Waals surface area contributed by atoms with Gasteiger partial charge in [0.2, 0.25) is 5.91 Å². The molecule has 3 rings (SSSR count). The van der Waals surface area contributed by atoms with Crippen LogP contribution in [-0.4, -0.2) is 32.3 Å². The molecule has 31 heavy (non-hydrogen) atoms. The van der Waals surface area contributed by atoms with Gasteiger partial charge >= 0.3 is 0 Å². The Morgan fingerprint density at radius 1 is 1.16 bits per heavy atom. The van der Waals surface area contributed by atoms with Crippen LogP contribution in [0.15, 0.2) is 53.7 Å². The SMILES string of the molecule is CCn1c(SCC(=O)Nc2ccccc2Cl)nnc1[C@@H](C)NC(=O)c1cccc(C)c1. The predicted molar refractivity (Wildman–Crippen MR) is 124 cm³/mol. The molecule has 0 saturated heterocycles. The van der Waals surface area contributed by atoms with Crippen LogP contribution in [-0.2, 0) is 11.3 Å². The summed E-state index contributed by atoms with van der Waals surface area (Å²) in [5.41, 5.74) is 2.19. The number of anilines is 1. The van der Waals surface area contributed by atoms with Crippen molar-refractivity contribution in [1.29, 1.82) is 0 Å². The standard InChI is InChI=1S/C22H24ClN5O2S/c1-4-28-20(15(3)24-21(30)16-9-7-8-14(2)12-16)26-27-22(28)31-13-19(29)25-18-11-6-5-10-17(18)23/h5-12,15H,4,13H2,1-3H3,(H,24,30)(H,25,29)/t15-/m1/s1. The third kappa shape index (κ3) is 5.86. The zero-order valence-electron chi connectivity index (χ0n) is 17.6. The van der Waals surface area contributed by atoms with Crippen molar-refractivity contribution in [3.05, 3.63) is 70.5 Å². The number of rotatable bonds is 8. The second-order valence-electron chi connectivity index (χ2n) is 6.97. The van der Waals surface area contributed by atoms with Gasteiger partial charge in [0.1, 0.15) is 0 Å². The number of hydrogen-bond donors (Lipinski definition) is 2. The average Bonchev–Trinajstić information content (AvgIpc) is 3.17. The Hall–Kier alpha value is -2.84. The van der Waals surface area contributed by atoms with Gasteiger partial charge in [-0.15, -0.1) is 10.2 Å². The van der Waals surface area contributed by atoms with Crippen molar-refractivity contribution in [2.45, 2.75) is 38.5 Å². The number of nitrogens with zero attached hydrogens (tertiary/aromatic N) is 3. The molecular weight excluding hydrogens is 434 g/mol. The van der Waals surface area contributed by atoms with E-state index in [4.69, 9.17) is 11.6 Å². The van der Waals surface area contributed by atoms with Crippen molar-refractivity contribution in [2.75, 3.05) is 11.1 Å². The summed E-state index contributed by atoms with van der Waals surface area (Å²) in [5.74, 6) is 0.437. The van der Waals surface area contributed by atoms with Crippen molar-refractivity contribution in [3.8, 4) is 0 Å². The van der Waals surface area contributed by atoms with Crippen LogP contribution in [0.4, 0.5) is 5.69 Å². The van der Waals surface area contributed by atoms with Crippen molar-refractivity contribution in [1.82, 2.24) is 20.1 Å². The Labute approximate surface area is 190 Å². The Balaban J connectivity index is 1.63. The molecule has 0 spiro atoms. The highest BCUT2D eigenvalue weighted by molar-refractivity contribution is 7.99. The van der Waals surface area contributed by atoms with Gasteiger partial charge in [0.15, 0.2) is 11.0 Å². The monoisotopic (exact) mass is 457 g/mol. The number of amides is 2. The summed E-state index contributed by atoms with van der Waals surface area (Å²) in [7, 11) is 0. The third-order valence-electron chi connectivity index (χ3n) is 4.56. The first kappa shape index (κ1) is 22.8. The fraction of sp³-hybridized carbons (Fsp3) is 0.273. The number of carbonyl (C=O) groups is 2. The van der Waals surface area contributed by atoms with E-state index in [0.717, 1.165) is 5.56 Å². The smallest absolute Gasteiger partial charge is 0.251 e. The predicted octanol–water partition coefficient (Wildman–Crippen LogP) is 4.48. The quantitative estimate of drug-likeness (QED) is 0.487. The number of thioether (sulfide) groups is 1. The maximum absolute atomic E-state index is 12.6. The van der Waals surface area contributed by atoms with Crippen LogP contribution in [0.1, 0.15) is 41.6 Å². The van der Waals surface area contributed by atoms with Crippen molar-refractivity contribution in [2.24, 2.45) is 0 Å². The minimum Gasteiger partial charge on any atom is -0.342 e. The molecule has 2 amide bonds. The number of aryl methyl sites for hydroxylation is 1. The molecule has 0 fully saturated rings. The van der Waals surface area contributed by atoms with Crippen molar-refractivity contribution in [3.63, 3.8) is 0 Å². The number of nitrogens with one attached hydrogen (secondary N) is 2. The first-order valence-corrected chi connectivity index (χ1v) is 11.2. The van der Waals surface area contributed by atoms with Gasteiger partial charge in [-0.3, -0.25) is 9.59 Å². The lowest BCUT2D eigenvalue weighted by Crippen LogP contribution is -2.28. The number of carbonyl (C=O) groups excluding carboxylic acids is 2. The van der Waals surface area contributed by atoms with E-state index in [-0.39, 0.29) is 23.6 Å². The summed E-state index contributed by atoms with van der Waals surface area (Å²) >= 11 is 7.37. The molecule has 3 aromatic rings. The molecule has 1 heterocycles. The summed E-state index contributed by atoms with van der Waals surface area (Å²) in [6, 6.07) is 14.1. The topological polar surface area (TPSA) is 88.9 Å². The third-order valence-corrected chi connectivity index (χ3v) is 5.85. The molecule has 0 radical (unpaired) electrons. The Morgan fingerprint density at radius 2 is 1.94 bits per heavy atom. The molecule has 0 bridgehead atoms. The van der Waals surface area contributed by atoms with Crippen molar-refractivity contribution >= 4 is 40.9 Å². The molecule has 1 atom stereocenters. The molecule has 9 heteroatoms. The minimum absolute atomic E-state index is 0.160. The van der Waals surface area contributed by atoms with E-state index in [0.29, 0.717) is 33.8 Å². The van der Waals surface area contributed by atoms with E-state index >= 15 is 0 Å². The highest BCUT2D eigenvalue weighted by Crippen LogP contribution is 2.23. The Bertz CT molecular complexity index is 1090. The van der Waals surface area contributed by atoms with Crippen LogP contribution in [0.2, 0.25) is 5.02 Å². The fourth-order valence-electron chi connectivity index (χ4n) is 3.03. The van der Waals surface area contributed by atoms with E-state index in [9.17, 15) is 9.59 Å². The normalized spacial score (nSPS) is 11.7. The van der Waals surface area contributed by atoms with E-state index in [2.05, 4.69) is 20.8 Å². The van der Waals surface area contributed by atoms with E-state index in [1.807, 2.05) is 43.5 Å². The van der Waals surface area contributed by atoms with Crippen LogP contribution >= 0.6 is 23.4 Å². The first-order chi connectivity index (χ1) is 14.9. The molecule has 0 aliphatic carbocycles. The average molecular weight is 458 g/mol. The lowest BCUT2D eigenvalue weighted by molar-refractivity contribution is -0.113.